The van der Waals surface area contributed by atoms with E-state index in [1.54, 1.807) is 38.1 Å². The lowest BCUT2D eigenvalue weighted by molar-refractivity contribution is -0.115. The smallest absolute Gasteiger partial charge is 0.322 e. The second-order valence-corrected chi connectivity index (χ2v) is 10.1. The zero-order valence-electron chi connectivity index (χ0n) is 17.5. The Morgan fingerprint density at radius 1 is 1.07 bits per heavy atom. The van der Waals surface area contributed by atoms with Crippen molar-refractivity contribution in [3.8, 4) is 0 Å². The largest absolute Gasteiger partial charge is 0.407 e. The third-order valence-electron chi connectivity index (χ3n) is 4.79. The average Bonchev–Trinajstić information content (AvgIpc) is 3.11. The van der Waals surface area contributed by atoms with Crippen LogP contribution in [0.2, 0.25) is 0 Å². The Morgan fingerprint density at radius 3 is 2.40 bits per heavy atom. The maximum Gasteiger partial charge on any atom is 0.322 e. The van der Waals surface area contributed by atoms with Crippen molar-refractivity contribution < 1.29 is 17.6 Å². The van der Waals surface area contributed by atoms with Crippen LogP contribution in [0.5, 0.6) is 0 Å². The van der Waals surface area contributed by atoms with Gasteiger partial charge in [0.05, 0.1) is 23.0 Å². The summed E-state index contributed by atoms with van der Waals surface area (Å²) in [6, 6.07) is 12.6. The molecule has 1 aromatic heterocycles. The zero-order valence-corrected chi connectivity index (χ0v) is 18.3. The molecule has 0 fully saturated rings. The number of aromatic nitrogens is 2. The second-order valence-electron chi connectivity index (χ2n) is 7.57. The number of aryl methyl sites for hydroxylation is 2. The molecule has 0 radical (unpaired) electrons. The lowest BCUT2D eigenvalue weighted by Crippen LogP contribution is -2.15. The van der Waals surface area contributed by atoms with Crippen LogP contribution in [0, 0.1) is 13.8 Å². The molecule has 2 aromatic carbocycles. The van der Waals surface area contributed by atoms with Crippen LogP contribution in [0.25, 0.3) is 0 Å². The van der Waals surface area contributed by atoms with Crippen LogP contribution in [0.3, 0.4) is 0 Å². The van der Waals surface area contributed by atoms with Crippen LogP contribution in [0.1, 0.15) is 42.0 Å². The van der Waals surface area contributed by atoms with Crippen molar-refractivity contribution in [3.05, 3.63) is 70.6 Å². The van der Waals surface area contributed by atoms with Gasteiger partial charge in [0.1, 0.15) is 0 Å². The van der Waals surface area contributed by atoms with Crippen LogP contribution in [0.4, 0.5) is 6.01 Å². The van der Waals surface area contributed by atoms with E-state index in [9.17, 15) is 13.2 Å². The molecule has 0 saturated heterocycles. The molecule has 0 bridgehead atoms. The highest BCUT2D eigenvalue weighted by atomic mass is 32.2. The third kappa shape index (κ3) is 5.13. The lowest BCUT2D eigenvalue weighted by Gasteiger charge is -2.08. The number of anilines is 1. The topological polar surface area (TPSA) is 102 Å². The summed E-state index contributed by atoms with van der Waals surface area (Å²) in [5.41, 5.74) is 3.97. The summed E-state index contributed by atoms with van der Waals surface area (Å²) in [5, 5.41) is 9.96. The van der Waals surface area contributed by atoms with E-state index in [0.29, 0.717) is 12.3 Å². The summed E-state index contributed by atoms with van der Waals surface area (Å²) in [5.74, 6) is 0.0941. The van der Waals surface area contributed by atoms with E-state index < -0.39 is 15.1 Å². The quantitative estimate of drug-likeness (QED) is 0.618. The summed E-state index contributed by atoms with van der Waals surface area (Å²) in [6.07, 6.45) is 0.553. The molecule has 0 spiro atoms. The lowest BCUT2D eigenvalue weighted by atomic mass is 10.0. The molecule has 158 valence electrons. The summed E-state index contributed by atoms with van der Waals surface area (Å²) >= 11 is 0. The number of nitrogens with one attached hydrogen (secondary N) is 1. The third-order valence-corrected chi connectivity index (χ3v) is 6.96. The Balaban J connectivity index is 1.61. The Kier molecular flexibility index (Phi) is 6.36. The number of carbonyl (C=O) groups excluding carboxylic acids is 1. The Hall–Kier alpha value is -3.00. The Morgan fingerprint density at radius 2 is 1.77 bits per heavy atom. The highest BCUT2D eigenvalue weighted by molar-refractivity contribution is 7.92. The maximum atomic E-state index is 12.3. The number of benzene rings is 2. The number of carbonyl (C=O) groups is 1. The van der Waals surface area contributed by atoms with Gasteiger partial charge >= 0.3 is 6.01 Å². The van der Waals surface area contributed by atoms with Gasteiger partial charge in [0.2, 0.25) is 11.8 Å². The van der Waals surface area contributed by atoms with Crippen molar-refractivity contribution >= 4 is 21.8 Å². The molecule has 8 heteroatoms. The molecule has 0 aliphatic heterocycles. The van der Waals surface area contributed by atoms with Gasteiger partial charge in [-0.1, -0.05) is 41.0 Å². The highest BCUT2D eigenvalue weighted by Crippen LogP contribution is 2.19. The highest BCUT2D eigenvalue weighted by Gasteiger charge is 2.19. The number of amides is 1. The standard InChI is InChI=1S/C22H25N3O4S/c1-14(2)30(27,28)19-9-6-17(7-10-19)12-21-24-25-22(29-21)23-20(26)13-18-8-5-15(3)11-16(18)4/h5-11,14H,12-13H2,1-4H3,(H,23,25,26). The number of hydrogen-bond donors (Lipinski definition) is 1. The molecule has 1 amide bonds. The van der Waals surface area contributed by atoms with Crippen LogP contribution in [0.15, 0.2) is 51.8 Å². The van der Waals surface area contributed by atoms with Crippen molar-refractivity contribution in [1.29, 1.82) is 0 Å². The molecule has 1 heterocycles. The Labute approximate surface area is 176 Å². The summed E-state index contributed by atoms with van der Waals surface area (Å²) in [6.45, 7) is 7.28. The van der Waals surface area contributed by atoms with Gasteiger partial charge in [-0.3, -0.25) is 10.1 Å². The van der Waals surface area contributed by atoms with Gasteiger partial charge in [0.15, 0.2) is 9.84 Å². The van der Waals surface area contributed by atoms with Crippen molar-refractivity contribution in [2.45, 2.75) is 50.7 Å². The fourth-order valence-corrected chi connectivity index (χ4v) is 4.06. The predicted molar refractivity (Wildman–Crippen MR) is 114 cm³/mol. The molecule has 3 aromatic rings. The minimum absolute atomic E-state index is 0.0405. The molecule has 0 atom stereocenters. The normalized spacial score (nSPS) is 11.6. The van der Waals surface area contributed by atoms with Gasteiger partial charge in [-0.05, 0) is 56.5 Å². The monoisotopic (exact) mass is 427 g/mol. The van der Waals surface area contributed by atoms with E-state index in [2.05, 4.69) is 15.5 Å². The average molecular weight is 428 g/mol. The van der Waals surface area contributed by atoms with E-state index in [4.69, 9.17) is 4.42 Å². The SMILES string of the molecule is Cc1ccc(CC(=O)Nc2nnc(Cc3ccc(S(=O)(=O)C(C)C)cc3)o2)c(C)c1. The molecule has 0 unspecified atom stereocenters. The molecular weight excluding hydrogens is 402 g/mol. The van der Waals surface area contributed by atoms with E-state index in [1.807, 2.05) is 32.0 Å². The van der Waals surface area contributed by atoms with Gasteiger partial charge in [-0.25, -0.2) is 8.42 Å². The van der Waals surface area contributed by atoms with Gasteiger partial charge in [-0.15, -0.1) is 5.10 Å². The van der Waals surface area contributed by atoms with Gasteiger partial charge in [0, 0.05) is 0 Å². The molecule has 0 aliphatic rings. The van der Waals surface area contributed by atoms with Crippen LogP contribution in [-0.4, -0.2) is 29.8 Å². The van der Waals surface area contributed by atoms with E-state index >= 15 is 0 Å². The second kappa shape index (κ2) is 8.79. The zero-order chi connectivity index (χ0) is 21.9. The van der Waals surface area contributed by atoms with Crippen molar-refractivity contribution in [2.75, 3.05) is 5.32 Å². The molecule has 0 saturated carbocycles. The van der Waals surface area contributed by atoms with Crippen LogP contribution >= 0.6 is 0 Å². The van der Waals surface area contributed by atoms with Crippen molar-refractivity contribution in [2.24, 2.45) is 0 Å². The number of sulfone groups is 1. The number of nitrogens with zero attached hydrogens (tertiary/aromatic N) is 2. The summed E-state index contributed by atoms with van der Waals surface area (Å²) in [7, 11) is -3.31. The number of hydrogen-bond acceptors (Lipinski definition) is 6. The molecule has 30 heavy (non-hydrogen) atoms. The minimum atomic E-state index is -3.31. The van der Waals surface area contributed by atoms with Crippen LogP contribution in [-0.2, 0) is 27.5 Å². The first-order valence-electron chi connectivity index (χ1n) is 9.66. The van der Waals surface area contributed by atoms with Crippen LogP contribution < -0.4 is 5.32 Å². The van der Waals surface area contributed by atoms with Gasteiger partial charge < -0.3 is 4.42 Å². The van der Waals surface area contributed by atoms with Crippen molar-refractivity contribution in [3.63, 3.8) is 0 Å². The summed E-state index contributed by atoms with van der Waals surface area (Å²) in [4.78, 5) is 12.6. The molecule has 0 aliphatic carbocycles. The number of rotatable bonds is 7. The first-order valence-corrected chi connectivity index (χ1v) is 11.2. The Bertz CT molecular complexity index is 1150. The fraction of sp³-hybridized carbons (Fsp3) is 0.318. The molecule has 1 N–H and O–H groups in total. The molecular formula is C22H25N3O4S. The van der Waals surface area contributed by atoms with Gasteiger partial charge in [0.25, 0.3) is 0 Å². The van der Waals surface area contributed by atoms with Gasteiger partial charge in [-0.2, -0.15) is 0 Å². The van der Waals surface area contributed by atoms with E-state index in [0.717, 1.165) is 22.3 Å². The maximum absolute atomic E-state index is 12.3. The fourth-order valence-electron chi connectivity index (χ4n) is 3.00. The predicted octanol–water partition coefficient (Wildman–Crippen LogP) is 3.64. The van der Waals surface area contributed by atoms with E-state index in [-0.39, 0.29) is 23.2 Å². The molecule has 7 nitrogen and oxygen atoms in total. The molecule has 3 rings (SSSR count). The first-order chi connectivity index (χ1) is 14.1. The first kappa shape index (κ1) is 21.7. The van der Waals surface area contributed by atoms with Crippen molar-refractivity contribution in [1.82, 2.24) is 10.2 Å². The van der Waals surface area contributed by atoms with E-state index in [1.165, 1.54) is 0 Å². The minimum Gasteiger partial charge on any atom is -0.407 e. The summed E-state index contributed by atoms with van der Waals surface area (Å²) < 4.78 is 29.9.